The maximum atomic E-state index is 4.71. The molecule has 17 heavy (non-hydrogen) atoms. The summed E-state index contributed by atoms with van der Waals surface area (Å²) in [5, 5.41) is 0.577. The van der Waals surface area contributed by atoms with Crippen molar-refractivity contribution in [2.45, 2.75) is 24.3 Å². The molecule has 2 atom stereocenters. The van der Waals surface area contributed by atoms with E-state index < -0.39 is 0 Å². The molecule has 0 radical (unpaired) electrons. The lowest BCUT2D eigenvalue weighted by atomic mass is 10.1. The van der Waals surface area contributed by atoms with Crippen molar-refractivity contribution in [3.05, 3.63) is 35.9 Å². The van der Waals surface area contributed by atoms with E-state index in [0.717, 1.165) is 6.54 Å². The molecule has 2 unspecified atom stereocenters. The van der Waals surface area contributed by atoms with E-state index in [1.165, 1.54) is 38.2 Å². The predicted octanol–water partition coefficient (Wildman–Crippen LogP) is 1.87. The van der Waals surface area contributed by atoms with Gasteiger partial charge in [-0.2, -0.15) is 12.6 Å². The van der Waals surface area contributed by atoms with Crippen LogP contribution in [-0.4, -0.2) is 47.3 Å². The summed E-state index contributed by atoms with van der Waals surface area (Å²) in [7, 11) is 0. The summed E-state index contributed by atoms with van der Waals surface area (Å²) in [6, 6.07) is 11.5. The van der Waals surface area contributed by atoms with Gasteiger partial charge in [0.05, 0.1) is 0 Å². The van der Waals surface area contributed by atoms with E-state index in [4.69, 9.17) is 12.6 Å². The summed E-state index contributed by atoms with van der Waals surface area (Å²) >= 11 is 4.71. The summed E-state index contributed by atoms with van der Waals surface area (Å²) in [5.41, 5.74) is 1.43. The van der Waals surface area contributed by atoms with Gasteiger partial charge in [0.25, 0.3) is 0 Å². The zero-order valence-corrected chi connectivity index (χ0v) is 11.0. The highest BCUT2D eigenvalue weighted by molar-refractivity contribution is 7.81. The van der Waals surface area contributed by atoms with Crippen LogP contribution in [0.5, 0.6) is 0 Å². The molecule has 3 rings (SSSR count). The molecule has 3 heteroatoms. The SMILES string of the molecule is SC1CCN2CCN(Cc3ccccc3)CC12. The number of fused-ring (bicyclic) bond motifs is 1. The average Bonchev–Trinajstić information content (AvgIpc) is 2.73. The molecular formula is C14H20N2S. The standard InChI is InChI=1S/C14H20N2S/c17-14-6-7-16-9-8-15(11-13(14)16)10-12-4-2-1-3-5-12/h1-5,13-14,17H,6-11H2. The lowest BCUT2D eigenvalue weighted by Gasteiger charge is -2.38. The molecule has 0 spiro atoms. The minimum absolute atomic E-state index is 0.577. The van der Waals surface area contributed by atoms with E-state index in [0.29, 0.717) is 11.3 Å². The molecule has 0 aliphatic carbocycles. The molecule has 2 fully saturated rings. The highest BCUT2D eigenvalue weighted by Crippen LogP contribution is 2.26. The Labute approximate surface area is 109 Å². The number of nitrogens with zero attached hydrogens (tertiary/aromatic N) is 2. The molecule has 2 saturated heterocycles. The first-order valence-electron chi connectivity index (χ1n) is 6.51. The van der Waals surface area contributed by atoms with Gasteiger partial charge in [-0.15, -0.1) is 0 Å². The molecule has 2 aliphatic rings. The minimum Gasteiger partial charge on any atom is -0.297 e. The monoisotopic (exact) mass is 248 g/mol. The van der Waals surface area contributed by atoms with Crippen LogP contribution in [0.4, 0.5) is 0 Å². The van der Waals surface area contributed by atoms with E-state index in [-0.39, 0.29) is 0 Å². The van der Waals surface area contributed by atoms with Gasteiger partial charge in [0.1, 0.15) is 0 Å². The first-order valence-corrected chi connectivity index (χ1v) is 7.03. The van der Waals surface area contributed by atoms with E-state index in [1.807, 2.05) is 0 Å². The van der Waals surface area contributed by atoms with Crippen molar-refractivity contribution in [3.8, 4) is 0 Å². The highest BCUT2D eigenvalue weighted by atomic mass is 32.1. The third kappa shape index (κ3) is 2.51. The van der Waals surface area contributed by atoms with Gasteiger partial charge in [0.2, 0.25) is 0 Å². The van der Waals surface area contributed by atoms with Crippen LogP contribution in [0.15, 0.2) is 30.3 Å². The van der Waals surface area contributed by atoms with Crippen LogP contribution in [0.3, 0.4) is 0 Å². The highest BCUT2D eigenvalue weighted by Gasteiger charge is 2.35. The molecule has 2 heterocycles. The summed E-state index contributed by atoms with van der Waals surface area (Å²) in [4.78, 5) is 5.18. The Hall–Kier alpha value is -0.510. The van der Waals surface area contributed by atoms with Crippen LogP contribution in [0, 0.1) is 0 Å². The third-order valence-corrected chi connectivity index (χ3v) is 4.63. The van der Waals surface area contributed by atoms with Crippen molar-refractivity contribution in [1.82, 2.24) is 9.80 Å². The van der Waals surface area contributed by atoms with Gasteiger partial charge in [-0.25, -0.2) is 0 Å². The zero-order valence-electron chi connectivity index (χ0n) is 10.1. The molecule has 1 aromatic carbocycles. The second-order valence-corrected chi connectivity index (χ2v) is 5.84. The molecule has 92 valence electrons. The lowest BCUT2D eigenvalue weighted by molar-refractivity contribution is 0.101. The van der Waals surface area contributed by atoms with Crippen LogP contribution in [0.25, 0.3) is 0 Å². The molecular weight excluding hydrogens is 228 g/mol. The predicted molar refractivity (Wildman–Crippen MR) is 74.5 cm³/mol. The number of hydrogen-bond donors (Lipinski definition) is 1. The molecule has 0 N–H and O–H groups in total. The van der Waals surface area contributed by atoms with Crippen molar-refractivity contribution in [3.63, 3.8) is 0 Å². The number of hydrogen-bond acceptors (Lipinski definition) is 3. The fourth-order valence-corrected chi connectivity index (χ4v) is 3.42. The van der Waals surface area contributed by atoms with Gasteiger partial charge in [0, 0.05) is 37.5 Å². The Morgan fingerprint density at radius 1 is 1.12 bits per heavy atom. The quantitative estimate of drug-likeness (QED) is 0.798. The Balaban J connectivity index is 1.62. The first-order chi connectivity index (χ1) is 8.33. The van der Waals surface area contributed by atoms with Crippen molar-refractivity contribution in [1.29, 1.82) is 0 Å². The fourth-order valence-electron chi connectivity index (χ4n) is 3.03. The fraction of sp³-hybridized carbons (Fsp3) is 0.571. The maximum absolute atomic E-state index is 4.71. The third-order valence-electron chi connectivity index (χ3n) is 4.02. The second-order valence-electron chi connectivity index (χ2n) is 5.18. The van der Waals surface area contributed by atoms with Gasteiger partial charge >= 0.3 is 0 Å². The molecule has 0 amide bonds. The summed E-state index contributed by atoms with van der Waals surface area (Å²) in [6.07, 6.45) is 1.26. The Bertz CT molecular complexity index is 368. The van der Waals surface area contributed by atoms with Gasteiger partial charge in [-0.05, 0) is 18.5 Å². The lowest BCUT2D eigenvalue weighted by Crippen LogP contribution is -2.51. The Morgan fingerprint density at radius 3 is 2.76 bits per heavy atom. The molecule has 0 aromatic heterocycles. The summed E-state index contributed by atoms with van der Waals surface area (Å²) in [5.74, 6) is 0. The minimum atomic E-state index is 0.577. The number of thiol groups is 1. The average molecular weight is 248 g/mol. The zero-order chi connectivity index (χ0) is 11.7. The summed E-state index contributed by atoms with van der Waals surface area (Å²) < 4.78 is 0. The molecule has 2 aliphatic heterocycles. The van der Waals surface area contributed by atoms with E-state index >= 15 is 0 Å². The number of benzene rings is 1. The van der Waals surface area contributed by atoms with Gasteiger partial charge in [-0.1, -0.05) is 30.3 Å². The number of rotatable bonds is 2. The summed E-state index contributed by atoms with van der Waals surface area (Å²) in [6.45, 7) is 5.94. The van der Waals surface area contributed by atoms with Crippen LogP contribution < -0.4 is 0 Å². The van der Waals surface area contributed by atoms with E-state index in [1.54, 1.807) is 0 Å². The van der Waals surface area contributed by atoms with Crippen molar-refractivity contribution in [2.75, 3.05) is 26.2 Å². The van der Waals surface area contributed by atoms with Crippen molar-refractivity contribution in [2.24, 2.45) is 0 Å². The largest absolute Gasteiger partial charge is 0.297 e. The molecule has 1 aromatic rings. The Kier molecular flexibility index (Phi) is 3.41. The topological polar surface area (TPSA) is 6.48 Å². The molecule has 0 saturated carbocycles. The van der Waals surface area contributed by atoms with Crippen LogP contribution in [0.2, 0.25) is 0 Å². The second kappa shape index (κ2) is 5.01. The Morgan fingerprint density at radius 2 is 1.94 bits per heavy atom. The molecule has 0 bridgehead atoms. The van der Waals surface area contributed by atoms with Crippen molar-refractivity contribution < 1.29 is 0 Å². The maximum Gasteiger partial charge on any atom is 0.0340 e. The van der Waals surface area contributed by atoms with Gasteiger partial charge < -0.3 is 0 Å². The van der Waals surface area contributed by atoms with E-state index in [9.17, 15) is 0 Å². The smallest absolute Gasteiger partial charge is 0.0340 e. The van der Waals surface area contributed by atoms with E-state index in [2.05, 4.69) is 40.1 Å². The van der Waals surface area contributed by atoms with Gasteiger partial charge in [-0.3, -0.25) is 9.80 Å². The van der Waals surface area contributed by atoms with Crippen LogP contribution in [-0.2, 0) is 6.54 Å². The normalized spacial score (nSPS) is 30.4. The molecule has 2 nitrogen and oxygen atoms in total. The number of piperazine rings is 1. The van der Waals surface area contributed by atoms with Crippen molar-refractivity contribution >= 4 is 12.6 Å². The van der Waals surface area contributed by atoms with Gasteiger partial charge in [0.15, 0.2) is 0 Å². The van der Waals surface area contributed by atoms with Crippen LogP contribution in [0.1, 0.15) is 12.0 Å². The first kappa shape index (κ1) is 11.6. The van der Waals surface area contributed by atoms with Crippen LogP contribution >= 0.6 is 12.6 Å².